The summed E-state index contributed by atoms with van der Waals surface area (Å²) in [4.78, 5) is 0. The Morgan fingerprint density at radius 3 is 2.84 bits per heavy atom. The van der Waals surface area contributed by atoms with Gasteiger partial charge in [-0.15, -0.1) is 0 Å². The van der Waals surface area contributed by atoms with Crippen LogP contribution in [0.4, 0.5) is 4.39 Å². The molecule has 2 rings (SSSR count). The number of hydrogen-bond acceptors (Lipinski definition) is 1. The monoisotopic (exact) mass is 283 g/mol. The fourth-order valence-electron chi connectivity index (χ4n) is 3.13. The van der Waals surface area contributed by atoms with Gasteiger partial charge in [-0.25, -0.2) is 4.39 Å². The van der Waals surface area contributed by atoms with E-state index in [-0.39, 0.29) is 11.4 Å². The van der Waals surface area contributed by atoms with E-state index >= 15 is 0 Å². The Kier molecular flexibility index (Phi) is 4.86. The van der Waals surface area contributed by atoms with Gasteiger partial charge in [-0.2, -0.15) is 0 Å². The maximum atomic E-state index is 13.9. The molecule has 2 unspecified atom stereocenters. The average Bonchev–Trinajstić information content (AvgIpc) is 2.55. The van der Waals surface area contributed by atoms with Crippen molar-refractivity contribution in [2.45, 2.75) is 57.4 Å². The summed E-state index contributed by atoms with van der Waals surface area (Å²) < 4.78 is 13.9. The van der Waals surface area contributed by atoms with Gasteiger partial charge >= 0.3 is 0 Å². The van der Waals surface area contributed by atoms with Crippen LogP contribution in [0.2, 0.25) is 5.02 Å². The molecule has 0 spiro atoms. The van der Waals surface area contributed by atoms with E-state index in [1.54, 1.807) is 12.1 Å². The van der Waals surface area contributed by atoms with Crippen molar-refractivity contribution in [1.29, 1.82) is 0 Å². The molecule has 1 aliphatic rings. The molecule has 0 aromatic heterocycles. The largest absolute Gasteiger partial charge is 0.325 e. The highest BCUT2D eigenvalue weighted by Crippen LogP contribution is 2.33. The van der Waals surface area contributed by atoms with Crippen molar-refractivity contribution in [3.8, 4) is 0 Å². The lowest BCUT2D eigenvalue weighted by molar-refractivity contribution is 0.354. The maximum Gasteiger partial charge on any atom is 0.127 e. The molecule has 1 nitrogen and oxygen atoms in total. The van der Waals surface area contributed by atoms with Gasteiger partial charge in [-0.3, -0.25) is 0 Å². The molecule has 1 aromatic carbocycles. The Labute approximate surface area is 120 Å². The van der Waals surface area contributed by atoms with Crippen LogP contribution in [0.3, 0.4) is 0 Å². The SMILES string of the molecule is CCC1CCCC(N)(Cc2ccc(Cl)cc2F)CC1. The summed E-state index contributed by atoms with van der Waals surface area (Å²) >= 11 is 5.79. The summed E-state index contributed by atoms with van der Waals surface area (Å²) in [5.41, 5.74) is 6.96. The van der Waals surface area contributed by atoms with E-state index in [1.165, 1.54) is 25.3 Å². The third-order valence-electron chi connectivity index (χ3n) is 4.47. The zero-order chi connectivity index (χ0) is 13.9. The highest BCUT2D eigenvalue weighted by Gasteiger charge is 2.29. The predicted molar refractivity (Wildman–Crippen MR) is 78.9 cm³/mol. The van der Waals surface area contributed by atoms with Crippen molar-refractivity contribution in [1.82, 2.24) is 0 Å². The molecule has 0 amide bonds. The Balaban J connectivity index is 2.08. The topological polar surface area (TPSA) is 26.0 Å². The fraction of sp³-hybridized carbons (Fsp3) is 0.625. The second-order valence-corrected chi connectivity index (χ2v) is 6.42. The highest BCUT2D eigenvalue weighted by atomic mass is 35.5. The van der Waals surface area contributed by atoms with Gasteiger partial charge in [0.05, 0.1) is 0 Å². The van der Waals surface area contributed by atoms with Gasteiger partial charge in [-0.05, 0) is 49.3 Å². The number of hydrogen-bond donors (Lipinski definition) is 1. The molecule has 1 aromatic rings. The minimum absolute atomic E-state index is 0.228. The predicted octanol–water partition coefficient (Wildman–Crippen LogP) is 4.71. The van der Waals surface area contributed by atoms with E-state index in [2.05, 4.69) is 6.92 Å². The highest BCUT2D eigenvalue weighted by molar-refractivity contribution is 6.30. The Bertz CT molecular complexity index is 435. The quantitative estimate of drug-likeness (QED) is 0.799. The Morgan fingerprint density at radius 2 is 2.16 bits per heavy atom. The van der Waals surface area contributed by atoms with E-state index in [0.29, 0.717) is 17.0 Å². The van der Waals surface area contributed by atoms with Crippen LogP contribution in [0.25, 0.3) is 0 Å². The van der Waals surface area contributed by atoms with Crippen LogP contribution >= 0.6 is 11.6 Å². The van der Waals surface area contributed by atoms with Gasteiger partial charge in [0.1, 0.15) is 5.82 Å². The molecule has 106 valence electrons. The van der Waals surface area contributed by atoms with Crippen molar-refractivity contribution in [2.24, 2.45) is 11.7 Å². The zero-order valence-electron chi connectivity index (χ0n) is 11.6. The molecule has 1 aliphatic carbocycles. The average molecular weight is 284 g/mol. The minimum atomic E-state index is -0.251. The Morgan fingerprint density at radius 1 is 1.37 bits per heavy atom. The van der Waals surface area contributed by atoms with Gasteiger partial charge in [-0.1, -0.05) is 43.9 Å². The lowest BCUT2D eigenvalue weighted by atomic mass is 9.84. The zero-order valence-corrected chi connectivity index (χ0v) is 12.3. The van der Waals surface area contributed by atoms with Gasteiger partial charge in [0, 0.05) is 10.6 Å². The first-order chi connectivity index (χ1) is 9.02. The van der Waals surface area contributed by atoms with Crippen LogP contribution in [-0.2, 0) is 6.42 Å². The van der Waals surface area contributed by atoms with E-state index in [1.807, 2.05) is 0 Å². The molecule has 0 heterocycles. The molecular formula is C16H23ClFN. The van der Waals surface area contributed by atoms with E-state index in [4.69, 9.17) is 17.3 Å². The van der Waals surface area contributed by atoms with Crippen molar-refractivity contribution < 1.29 is 4.39 Å². The van der Waals surface area contributed by atoms with Crippen molar-refractivity contribution in [3.05, 3.63) is 34.6 Å². The molecular weight excluding hydrogens is 261 g/mol. The first-order valence-corrected chi connectivity index (χ1v) is 7.63. The van der Waals surface area contributed by atoms with Gasteiger partial charge in [0.25, 0.3) is 0 Å². The Hall–Kier alpha value is -0.600. The number of halogens is 2. The summed E-state index contributed by atoms with van der Waals surface area (Å²) in [6.45, 7) is 2.24. The minimum Gasteiger partial charge on any atom is -0.325 e. The number of rotatable bonds is 3. The second-order valence-electron chi connectivity index (χ2n) is 5.98. The lowest BCUT2D eigenvalue weighted by Gasteiger charge is -2.28. The van der Waals surface area contributed by atoms with Crippen LogP contribution in [0.15, 0.2) is 18.2 Å². The summed E-state index contributed by atoms with van der Waals surface area (Å²) in [6.07, 6.45) is 7.42. The van der Waals surface area contributed by atoms with Gasteiger partial charge in [0.15, 0.2) is 0 Å². The lowest BCUT2D eigenvalue weighted by Crippen LogP contribution is -2.41. The number of benzene rings is 1. The van der Waals surface area contributed by atoms with Gasteiger partial charge < -0.3 is 5.73 Å². The molecule has 2 atom stereocenters. The summed E-state index contributed by atoms with van der Waals surface area (Å²) in [6, 6.07) is 4.90. The van der Waals surface area contributed by atoms with Crippen LogP contribution in [0, 0.1) is 11.7 Å². The number of nitrogens with two attached hydrogens (primary N) is 1. The van der Waals surface area contributed by atoms with Crippen LogP contribution in [0.1, 0.15) is 51.0 Å². The van der Waals surface area contributed by atoms with Crippen molar-refractivity contribution in [3.63, 3.8) is 0 Å². The summed E-state index contributed by atoms with van der Waals surface area (Å²) in [5.74, 6) is 0.564. The molecule has 19 heavy (non-hydrogen) atoms. The van der Waals surface area contributed by atoms with Crippen molar-refractivity contribution >= 4 is 11.6 Å². The van der Waals surface area contributed by atoms with Crippen LogP contribution < -0.4 is 5.73 Å². The summed E-state index contributed by atoms with van der Waals surface area (Å²) in [5, 5.41) is 0.444. The fourth-order valence-corrected chi connectivity index (χ4v) is 3.29. The van der Waals surface area contributed by atoms with E-state index in [9.17, 15) is 4.39 Å². The molecule has 3 heteroatoms. The molecule has 0 aliphatic heterocycles. The molecule has 1 fully saturated rings. The molecule has 0 radical (unpaired) electrons. The molecule has 0 bridgehead atoms. The standard InChI is InChI=1S/C16H23ClFN/c1-2-12-4-3-8-16(19,9-7-12)11-13-5-6-14(17)10-15(13)18/h5-6,10,12H,2-4,7-9,11,19H2,1H3. The second kappa shape index (κ2) is 6.23. The first-order valence-electron chi connectivity index (χ1n) is 7.25. The van der Waals surface area contributed by atoms with Crippen LogP contribution in [0.5, 0.6) is 0 Å². The third-order valence-corrected chi connectivity index (χ3v) is 4.71. The third kappa shape index (κ3) is 3.93. The molecule has 2 N–H and O–H groups in total. The van der Waals surface area contributed by atoms with Gasteiger partial charge in [0.2, 0.25) is 0 Å². The molecule has 0 saturated heterocycles. The maximum absolute atomic E-state index is 13.9. The van der Waals surface area contributed by atoms with E-state index < -0.39 is 0 Å². The van der Waals surface area contributed by atoms with E-state index in [0.717, 1.165) is 25.2 Å². The first kappa shape index (κ1) is 14.8. The normalized spacial score (nSPS) is 28.1. The smallest absolute Gasteiger partial charge is 0.127 e. The molecule has 1 saturated carbocycles. The van der Waals surface area contributed by atoms with Crippen molar-refractivity contribution in [2.75, 3.05) is 0 Å². The summed E-state index contributed by atoms with van der Waals surface area (Å²) in [7, 11) is 0. The van der Waals surface area contributed by atoms with Crippen LogP contribution in [-0.4, -0.2) is 5.54 Å².